The number of methoxy groups -OCH3 is 2. The number of anilines is 1. The summed E-state index contributed by atoms with van der Waals surface area (Å²) in [6.45, 7) is 2.03. The molecule has 0 radical (unpaired) electrons. The van der Waals surface area contributed by atoms with Crippen molar-refractivity contribution in [2.24, 2.45) is 5.10 Å². The van der Waals surface area contributed by atoms with Gasteiger partial charge in [0.2, 0.25) is 0 Å². The first-order valence-electron chi connectivity index (χ1n) is 10.7. The van der Waals surface area contributed by atoms with E-state index in [1.807, 2.05) is 19.1 Å². The van der Waals surface area contributed by atoms with E-state index in [1.54, 1.807) is 48.5 Å². The molecule has 0 aliphatic heterocycles. The van der Waals surface area contributed by atoms with Gasteiger partial charge >= 0.3 is 17.8 Å². The van der Waals surface area contributed by atoms with Gasteiger partial charge in [0.05, 0.1) is 26.0 Å². The van der Waals surface area contributed by atoms with Gasteiger partial charge in [0.25, 0.3) is 0 Å². The average Bonchev–Trinajstić information content (AvgIpc) is 2.89. The molecule has 9 nitrogen and oxygen atoms in total. The molecule has 2 N–H and O–H groups in total. The number of carbonyl (C=O) groups is 3. The Balaban J connectivity index is 1.58. The molecule has 0 heterocycles. The summed E-state index contributed by atoms with van der Waals surface area (Å²) >= 11 is 0. The highest BCUT2D eigenvalue weighted by Gasteiger charge is 2.14. The van der Waals surface area contributed by atoms with Crippen molar-refractivity contribution in [3.8, 4) is 17.2 Å². The second-order valence-electron chi connectivity index (χ2n) is 7.23. The van der Waals surface area contributed by atoms with Gasteiger partial charge in [-0.1, -0.05) is 19.1 Å². The first-order chi connectivity index (χ1) is 16.9. The van der Waals surface area contributed by atoms with Crippen molar-refractivity contribution in [2.75, 3.05) is 19.5 Å². The lowest BCUT2D eigenvalue weighted by Gasteiger charge is -2.10. The van der Waals surface area contributed by atoms with E-state index in [4.69, 9.17) is 14.2 Å². The Morgan fingerprint density at radius 3 is 2.20 bits per heavy atom. The van der Waals surface area contributed by atoms with Gasteiger partial charge in [0, 0.05) is 5.69 Å². The standard InChI is InChI=1S/C26H25N3O6/c1-4-17-5-10-20(11-6-17)28-24(30)25(31)29-27-16-18-7-14-22(23(15-18)34-3)35-26(32)19-8-12-21(33-2)13-9-19/h5-16H,4H2,1-3H3,(H,28,30)(H,29,31)/b27-16+. The molecule has 0 aliphatic rings. The van der Waals surface area contributed by atoms with E-state index >= 15 is 0 Å². The number of hydrogen-bond donors (Lipinski definition) is 2. The first-order valence-corrected chi connectivity index (χ1v) is 10.7. The summed E-state index contributed by atoms with van der Waals surface area (Å²) in [6.07, 6.45) is 2.21. The lowest BCUT2D eigenvalue weighted by Crippen LogP contribution is -2.32. The summed E-state index contributed by atoms with van der Waals surface area (Å²) in [5, 5.41) is 6.31. The lowest BCUT2D eigenvalue weighted by molar-refractivity contribution is -0.136. The van der Waals surface area contributed by atoms with Gasteiger partial charge in [-0.3, -0.25) is 9.59 Å². The zero-order chi connectivity index (χ0) is 25.2. The third-order valence-electron chi connectivity index (χ3n) is 4.92. The molecule has 0 bridgehead atoms. The quantitative estimate of drug-likeness (QED) is 0.169. The first kappa shape index (κ1) is 25.0. The highest BCUT2D eigenvalue weighted by atomic mass is 16.6. The summed E-state index contributed by atoms with van der Waals surface area (Å²) in [4.78, 5) is 36.5. The molecule has 0 spiro atoms. The average molecular weight is 476 g/mol. The molecule has 0 unspecified atom stereocenters. The van der Waals surface area contributed by atoms with Crippen LogP contribution < -0.4 is 25.0 Å². The number of rotatable bonds is 8. The number of carbonyl (C=O) groups excluding carboxylic acids is 3. The predicted molar refractivity (Wildman–Crippen MR) is 131 cm³/mol. The van der Waals surface area contributed by atoms with Gasteiger partial charge in [-0.15, -0.1) is 0 Å². The number of nitrogens with zero attached hydrogens (tertiary/aromatic N) is 1. The number of hydrogen-bond acceptors (Lipinski definition) is 7. The molecular weight excluding hydrogens is 450 g/mol. The maximum absolute atomic E-state index is 12.4. The summed E-state index contributed by atoms with van der Waals surface area (Å²) in [5.74, 6) is -1.20. The molecule has 0 saturated heterocycles. The van der Waals surface area contributed by atoms with Gasteiger partial charge in [0.15, 0.2) is 11.5 Å². The van der Waals surface area contributed by atoms with Crippen LogP contribution in [-0.2, 0) is 16.0 Å². The van der Waals surface area contributed by atoms with Crippen LogP contribution in [0.2, 0.25) is 0 Å². The fourth-order valence-electron chi connectivity index (χ4n) is 2.96. The molecule has 35 heavy (non-hydrogen) atoms. The molecule has 3 aromatic rings. The van der Waals surface area contributed by atoms with Gasteiger partial charge in [-0.2, -0.15) is 5.10 Å². The monoisotopic (exact) mass is 475 g/mol. The van der Waals surface area contributed by atoms with Crippen molar-refractivity contribution in [1.82, 2.24) is 5.43 Å². The Hall–Kier alpha value is -4.66. The van der Waals surface area contributed by atoms with E-state index in [-0.39, 0.29) is 11.5 Å². The summed E-state index contributed by atoms with van der Waals surface area (Å²) < 4.78 is 15.8. The number of benzene rings is 3. The van der Waals surface area contributed by atoms with Crippen molar-refractivity contribution < 1.29 is 28.6 Å². The fraction of sp³-hybridized carbons (Fsp3) is 0.154. The molecule has 3 aromatic carbocycles. The third kappa shape index (κ3) is 6.91. The van der Waals surface area contributed by atoms with Crippen molar-refractivity contribution in [3.63, 3.8) is 0 Å². The van der Waals surface area contributed by atoms with Crippen LogP contribution in [0.5, 0.6) is 17.2 Å². The molecule has 9 heteroatoms. The van der Waals surface area contributed by atoms with Crippen molar-refractivity contribution in [1.29, 1.82) is 0 Å². The molecule has 0 atom stereocenters. The molecule has 0 saturated carbocycles. The topological polar surface area (TPSA) is 115 Å². The van der Waals surface area contributed by atoms with E-state index in [0.29, 0.717) is 22.6 Å². The minimum absolute atomic E-state index is 0.211. The number of esters is 1. The van der Waals surface area contributed by atoms with Crippen LogP contribution in [0, 0.1) is 0 Å². The Labute approximate surface area is 202 Å². The van der Waals surface area contributed by atoms with Gasteiger partial charge in [-0.05, 0) is 72.1 Å². The smallest absolute Gasteiger partial charge is 0.343 e. The maximum Gasteiger partial charge on any atom is 0.343 e. The van der Waals surface area contributed by atoms with Gasteiger partial charge in [-0.25, -0.2) is 10.2 Å². The van der Waals surface area contributed by atoms with E-state index in [1.165, 1.54) is 26.5 Å². The predicted octanol–water partition coefficient (Wildman–Crippen LogP) is 3.57. The number of hydrazone groups is 1. The number of nitrogens with one attached hydrogen (secondary N) is 2. The zero-order valence-electron chi connectivity index (χ0n) is 19.5. The van der Waals surface area contributed by atoms with E-state index in [9.17, 15) is 14.4 Å². The summed E-state index contributed by atoms with van der Waals surface area (Å²) in [7, 11) is 2.97. The Kier molecular flexibility index (Phi) is 8.55. The van der Waals surface area contributed by atoms with Crippen molar-refractivity contribution in [3.05, 3.63) is 83.4 Å². The highest BCUT2D eigenvalue weighted by molar-refractivity contribution is 6.39. The molecular formula is C26H25N3O6. The van der Waals surface area contributed by atoms with E-state index < -0.39 is 17.8 Å². The number of aryl methyl sites for hydroxylation is 1. The van der Waals surface area contributed by atoms with Crippen molar-refractivity contribution >= 4 is 29.7 Å². The Morgan fingerprint density at radius 1 is 0.857 bits per heavy atom. The van der Waals surface area contributed by atoms with Crippen molar-refractivity contribution in [2.45, 2.75) is 13.3 Å². The Bertz CT molecular complexity index is 1220. The number of ether oxygens (including phenoxy) is 3. The Morgan fingerprint density at radius 2 is 1.57 bits per heavy atom. The van der Waals surface area contributed by atoms with Crippen LogP contribution in [0.25, 0.3) is 0 Å². The van der Waals surface area contributed by atoms with Crippen LogP contribution in [0.15, 0.2) is 71.8 Å². The van der Waals surface area contributed by atoms with Gasteiger partial charge < -0.3 is 19.5 Å². The van der Waals surface area contributed by atoms with Crippen LogP contribution in [0.4, 0.5) is 5.69 Å². The third-order valence-corrected chi connectivity index (χ3v) is 4.92. The second kappa shape index (κ2) is 12.0. The molecule has 2 amide bonds. The fourth-order valence-corrected chi connectivity index (χ4v) is 2.96. The molecule has 3 rings (SSSR count). The molecule has 0 fully saturated rings. The van der Waals surface area contributed by atoms with Crippen LogP contribution in [0.1, 0.15) is 28.4 Å². The van der Waals surface area contributed by atoms with Gasteiger partial charge in [0.1, 0.15) is 5.75 Å². The minimum Gasteiger partial charge on any atom is -0.497 e. The SMILES string of the molecule is CCc1ccc(NC(=O)C(=O)N/N=C/c2ccc(OC(=O)c3ccc(OC)cc3)c(OC)c2)cc1. The second-order valence-corrected chi connectivity index (χ2v) is 7.23. The molecule has 180 valence electrons. The normalized spacial score (nSPS) is 10.5. The largest absolute Gasteiger partial charge is 0.497 e. The van der Waals surface area contributed by atoms with Crippen LogP contribution in [0.3, 0.4) is 0 Å². The lowest BCUT2D eigenvalue weighted by atomic mass is 10.1. The van der Waals surface area contributed by atoms with E-state index in [2.05, 4.69) is 15.8 Å². The zero-order valence-corrected chi connectivity index (χ0v) is 19.5. The highest BCUT2D eigenvalue weighted by Crippen LogP contribution is 2.28. The van der Waals surface area contributed by atoms with Crippen LogP contribution >= 0.6 is 0 Å². The number of amides is 2. The van der Waals surface area contributed by atoms with Crippen LogP contribution in [-0.4, -0.2) is 38.2 Å². The minimum atomic E-state index is -0.919. The van der Waals surface area contributed by atoms with E-state index in [0.717, 1.165) is 12.0 Å². The molecule has 0 aromatic heterocycles. The molecule has 0 aliphatic carbocycles. The summed E-state index contributed by atoms with van der Waals surface area (Å²) in [5.41, 5.74) is 4.69. The summed E-state index contributed by atoms with van der Waals surface area (Å²) in [6, 6.07) is 18.4. The maximum atomic E-state index is 12.4.